The van der Waals surface area contributed by atoms with Crippen LogP contribution in [-0.4, -0.2) is 42.4 Å². The number of anilines is 1. The molecule has 0 fully saturated rings. The largest absolute Gasteiger partial charge is 0.490 e. The van der Waals surface area contributed by atoms with Crippen molar-refractivity contribution in [2.45, 2.75) is 20.0 Å². The van der Waals surface area contributed by atoms with Crippen molar-refractivity contribution in [1.29, 1.82) is 0 Å². The summed E-state index contributed by atoms with van der Waals surface area (Å²) < 4.78 is 11.6. The van der Waals surface area contributed by atoms with Crippen molar-refractivity contribution in [1.82, 2.24) is 4.90 Å². The van der Waals surface area contributed by atoms with Crippen molar-refractivity contribution in [3.63, 3.8) is 0 Å². The molecule has 7 nitrogen and oxygen atoms in total. The summed E-state index contributed by atoms with van der Waals surface area (Å²) in [6.45, 7) is 2.36. The van der Waals surface area contributed by atoms with E-state index >= 15 is 0 Å². The van der Waals surface area contributed by atoms with Gasteiger partial charge in [0.25, 0.3) is 5.91 Å². The number of carbonyl (C=O) groups excluding carboxylic acids is 3. The van der Waals surface area contributed by atoms with Gasteiger partial charge in [0.15, 0.2) is 0 Å². The van der Waals surface area contributed by atoms with Gasteiger partial charge in [-0.15, -0.1) is 11.3 Å². The van der Waals surface area contributed by atoms with Gasteiger partial charge in [-0.3, -0.25) is 19.3 Å². The second kappa shape index (κ2) is 11.2. The second-order valence-electron chi connectivity index (χ2n) is 8.85. The van der Waals surface area contributed by atoms with Crippen LogP contribution in [0.3, 0.4) is 0 Å². The predicted molar refractivity (Wildman–Crippen MR) is 148 cm³/mol. The van der Waals surface area contributed by atoms with Gasteiger partial charge in [-0.25, -0.2) is 0 Å². The molecule has 38 heavy (non-hydrogen) atoms. The van der Waals surface area contributed by atoms with Gasteiger partial charge in [0, 0.05) is 28.7 Å². The molecular weight excluding hydrogens is 524 g/mol. The minimum Gasteiger partial charge on any atom is -0.490 e. The Bertz CT molecular complexity index is 1480. The van der Waals surface area contributed by atoms with Crippen LogP contribution in [0.1, 0.15) is 27.7 Å². The molecule has 194 valence electrons. The summed E-state index contributed by atoms with van der Waals surface area (Å²) in [4.78, 5) is 42.4. The molecule has 1 aliphatic rings. The number of fused-ring (bicyclic) bond motifs is 2. The van der Waals surface area contributed by atoms with Crippen molar-refractivity contribution < 1.29 is 23.9 Å². The Morgan fingerprint density at radius 1 is 0.974 bits per heavy atom. The fourth-order valence-corrected chi connectivity index (χ4v) is 5.73. The maximum absolute atomic E-state index is 13.7. The molecule has 0 spiro atoms. The molecule has 3 aromatic carbocycles. The molecule has 2 amide bonds. The fourth-order valence-electron chi connectivity index (χ4n) is 4.40. The topological polar surface area (TPSA) is 76.1 Å². The van der Waals surface area contributed by atoms with E-state index in [0.29, 0.717) is 24.5 Å². The lowest BCUT2D eigenvalue weighted by Gasteiger charge is -2.23. The maximum Gasteiger partial charge on any atom is 0.302 e. The van der Waals surface area contributed by atoms with E-state index in [1.54, 1.807) is 34.4 Å². The number of halogens is 1. The fraction of sp³-hybridized carbons (Fsp3) is 0.207. The predicted octanol–water partition coefficient (Wildman–Crippen LogP) is 5.69. The number of esters is 1. The zero-order chi connectivity index (χ0) is 26.6. The molecule has 0 saturated heterocycles. The number of hydrogen-bond acceptors (Lipinski definition) is 6. The Hall–Kier alpha value is -3.88. The summed E-state index contributed by atoms with van der Waals surface area (Å²) in [5, 5.41) is 1.36. The van der Waals surface area contributed by atoms with Gasteiger partial charge in [0.2, 0.25) is 5.91 Å². The van der Waals surface area contributed by atoms with Crippen molar-refractivity contribution in [3.05, 3.63) is 93.8 Å². The minimum atomic E-state index is -0.387. The Balaban J connectivity index is 1.36. The molecule has 0 N–H and O–H groups in total. The second-order valence-corrected chi connectivity index (χ2v) is 10.4. The van der Waals surface area contributed by atoms with Crippen molar-refractivity contribution in [2.24, 2.45) is 0 Å². The summed E-state index contributed by atoms with van der Waals surface area (Å²) >= 11 is 8.15. The first-order valence-electron chi connectivity index (χ1n) is 12.1. The van der Waals surface area contributed by atoms with E-state index in [9.17, 15) is 14.4 Å². The van der Waals surface area contributed by atoms with Crippen molar-refractivity contribution in [3.8, 4) is 5.75 Å². The van der Waals surface area contributed by atoms with E-state index in [0.717, 1.165) is 15.8 Å². The van der Waals surface area contributed by atoms with E-state index < -0.39 is 0 Å². The standard InChI is InChI=1S/C29H25ClN2O5S/c1-19(33)36-12-13-37-22-10-11-24(25(30)15-22)29(35)32-18-28(34)31(16-21-7-2-4-8-26(21)32)17-23-14-20-6-3-5-9-27(20)38-23/h2-11,14-15H,12-13,16-18H2,1H3. The lowest BCUT2D eigenvalue weighted by atomic mass is 10.1. The lowest BCUT2D eigenvalue weighted by Crippen LogP contribution is -2.40. The van der Waals surface area contributed by atoms with Crippen LogP contribution in [-0.2, 0) is 27.4 Å². The van der Waals surface area contributed by atoms with E-state index in [2.05, 4.69) is 18.2 Å². The number of nitrogens with zero attached hydrogens (tertiary/aromatic N) is 2. The number of benzene rings is 3. The molecule has 9 heteroatoms. The average molecular weight is 549 g/mol. The third-order valence-electron chi connectivity index (χ3n) is 6.19. The summed E-state index contributed by atoms with van der Waals surface area (Å²) in [5.41, 5.74) is 1.83. The van der Waals surface area contributed by atoms with Crippen LogP contribution in [0.5, 0.6) is 5.75 Å². The number of hydrogen-bond donors (Lipinski definition) is 0. The highest BCUT2D eigenvalue weighted by atomic mass is 35.5. The van der Waals surface area contributed by atoms with E-state index in [1.807, 2.05) is 36.4 Å². The van der Waals surface area contributed by atoms with Crippen molar-refractivity contribution >= 4 is 56.5 Å². The molecule has 0 unspecified atom stereocenters. The van der Waals surface area contributed by atoms with Crippen LogP contribution in [0, 0.1) is 0 Å². The van der Waals surface area contributed by atoms with Gasteiger partial charge in [-0.1, -0.05) is 48.0 Å². The first kappa shape index (κ1) is 25.8. The van der Waals surface area contributed by atoms with Crippen LogP contribution in [0.15, 0.2) is 72.8 Å². The Morgan fingerprint density at radius 2 is 1.76 bits per heavy atom. The molecule has 4 aromatic rings. The molecule has 0 aliphatic carbocycles. The third kappa shape index (κ3) is 5.66. The SMILES string of the molecule is CC(=O)OCCOc1ccc(C(=O)N2CC(=O)N(Cc3cc4ccccc4s3)Cc3ccccc32)c(Cl)c1. The van der Waals surface area contributed by atoms with Crippen LogP contribution >= 0.6 is 22.9 Å². The van der Waals surface area contributed by atoms with Crippen molar-refractivity contribution in [2.75, 3.05) is 24.7 Å². The first-order valence-corrected chi connectivity index (χ1v) is 13.3. The number of ether oxygens (including phenoxy) is 2. The average Bonchev–Trinajstić information content (AvgIpc) is 3.25. The zero-order valence-corrected chi connectivity index (χ0v) is 22.3. The molecular formula is C29H25ClN2O5S. The maximum atomic E-state index is 13.7. The smallest absolute Gasteiger partial charge is 0.302 e. The monoisotopic (exact) mass is 548 g/mol. The van der Waals surface area contributed by atoms with Gasteiger partial charge in [-0.05, 0) is 47.3 Å². The molecule has 5 rings (SSSR count). The lowest BCUT2D eigenvalue weighted by molar-refractivity contribution is -0.141. The molecule has 2 heterocycles. The highest BCUT2D eigenvalue weighted by Crippen LogP contribution is 2.32. The van der Waals surface area contributed by atoms with Crippen LogP contribution < -0.4 is 9.64 Å². The van der Waals surface area contributed by atoms with E-state index in [1.165, 1.54) is 16.5 Å². The molecule has 0 atom stereocenters. The zero-order valence-electron chi connectivity index (χ0n) is 20.7. The highest BCUT2D eigenvalue weighted by Gasteiger charge is 2.30. The third-order valence-corrected chi connectivity index (χ3v) is 7.60. The summed E-state index contributed by atoms with van der Waals surface area (Å²) in [6.07, 6.45) is 0. The Morgan fingerprint density at radius 3 is 2.55 bits per heavy atom. The summed E-state index contributed by atoms with van der Waals surface area (Å²) in [7, 11) is 0. The van der Waals surface area contributed by atoms with E-state index in [4.69, 9.17) is 21.1 Å². The number of thiophene rings is 1. The number of para-hydroxylation sites is 1. The van der Waals surface area contributed by atoms with Gasteiger partial charge < -0.3 is 14.4 Å². The Labute approximate surface area is 229 Å². The summed E-state index contributed by atoms with van der Waals surface area (Å²) in [6, 6.07) is 22.6. The molecule has 0 saturated carbocycles. The van der Waals surface area contributed by atoms with Gasteiger partial charge in [-0.2, -0.15) is 0 Å². The van der Waals surface area contributed by atoms with Gasteiger partial charge >= 0.3 is 5.97 Å². The van der Waals surface area contributed by atoms with Gasteiger partial charge in [0.1, 0.15) is 25.5 Å². The number of carbonyl (C=O) groups is 3. The van der Waals surface area contributed by atoms with Crippen LogP contribution in [0.4, 0.5) is 5.69 Å². The number of rotatable bonds is 7. The normalized spacial score (nSPS) is 13.3. The molecule has 0 bridgehead atoms. The minimum absolute atomic E-state index is 0.0995. The van der Waals surface area contributed by atoms with Crippen LogP contribution in [0.2, 0.25) is 5.02 Å². The van der Waals surface area contributed by atoms with Crippen LogP contribution in [0.25, 0.3) is 10.1 Å². The molecule has 1 aromatic heterocycles. The Kier molecular flexibility index (Phi) is 7.62. The quantitative estimate of drug-likeness (QED) is 0.219. The summed E-state index contributed by atoms with van der Waals surface area (Å²) in [5.74, 6) is -0.456. The number of amides is 2. The van der Waals surface area contributed by atoms with E-state index in [-0.39, 0.29) is 48.1 Å². The highest BCUT2D eigenvalue weighted by molar-refractivity contribution is 7.19. The molecule has 1 aliphatic heterocycles. The van der Waals surface area contributed by atoms with Gasteiger partial charge in [0.05, 0.1) is 17.1 Å². The first-order chi connectivity index (χ1) is 18.4. The molecule has 0 radical (unpaired) electrons.